The van der Waals surface area contributed by atoms with Gasteiger partial charge >= 0.3 is 0 Å². The monoisotopic (exact) mass is 308 g/mol. The molecule has 0 aliphatic carbocycles. The van der Waals surface area contributed by atoms with Gasteiger partial charge in [0.05, 0.1) is 5.71 Å². The largest absolute Gasteiger partial charge is 0.259 e. The Hall–Kier alpha value is -2.80. The first kappa shape index (κ1) is 12.9. The van der Waals surface area contributed by atoms with Crippen LogP contribution >= 0.6 is 11.3 Å². The van der Waals surface area contributed by atoms with Crippen LogP contribution in [0.25, 0.3) is 16.4 Å². The molecule has 1 N–H and O–H groups in total. The Morgan fingerprint density at radius 3 is 2.86 bits per heavy atom. The molecule has 7 heteroatoms. The van der Waals surface area contributed by atoms with Gasteiger partial charge in [-0.15, -0.1) is 26.6 Å². The first-order valence-corrected chi connectivity index (χ1v) is 7.64. The van der Waals surface area contributed by atoms with Gasteiger partial charge < -0.3 is 0 Å². The van der Waals surface area contributed by atoms with E-state index in [2.05, 4.69) is 25.8 Å². The Labute approximate surface area is 130 Å². The van der Waals surface area contributed by atoms with Crippen LogP contribution in [0.2, 0.25) is 0 Å². The number of fused-ring (bicyclic) bond motifs is 3. The molecule has 0 saturated heterocycles. The maximum absolute atomic E-state index is 4.49. The fraction of sp³-hybridized carbons (Fsp3) is 0.0667. The van der Waals surface area contributed by atoms with Crippen LogP contribution in [0.4, 0.5) is 5.82 Å². The van der Waals surface area contributed by atoms with Gasteiger partial charge in [0.15, 0.2) is 11.5 Å². The Balaban J connectivity index is 1.81. The zero-order chi connectivity index (χ0) is 14.9. The number of nitrogens with one attached hydrogen (secondary N) is 1. The van der Waals surface area contributed by atoms with Crippen molar-refractivity contribution in [3.05, 3.63) is 53.0 Å². The Bertz CT molecular complexity index is 970. The molecule has 0 unspecified atom stereocenters. The number of hydrogen-bond acceptors (Lipinski definition) is 6. The minimum Gasteiger partial charge on any atom is -0.259 e. The lowest BCUT2D eigenvalue weighted by Crippen LogP contribution is -2.03. The summed E-state index contributed by atoms with van der Waals surface area (Å²) in [5, 5.41) is 20.9. The van der Waals surface area contributed by atoms with Crippen molar-refractivity contribution in [2.75, 3.05) is 5.43 Å². The Kier molecular flexibility index (Phi) is 3.05. The molecule has 1 aromatic carbocycles. The highest BCUT2D eigenvalue weighted by Gasteiger charge is 2.09. The van der Waals surface area contributed by atoms with Crippen LogP contribution in [-0.4, -0.2) is 25.5 Å². The van der Waals surface area contributed by atoms with Crippen molar-refractivity contribution < 1.29 is 0 Å². The van der Waals surface area contributed by atoms with Crippen LogP contribution in [0.15, 0.2) is 53.2 Å². The van der Waals surface area contributed by atoms with Crippen LogP contribution in [0, 0.1) is 0 Å². The van der Waals surface area contributed by atoms with Crippen LogP contribution in [0.3, 0.4) is 0 Å². The third kappa shape index (κ3) is 2.11. The van der Waals surface area contributed by atoms with Gasteiger partial charge in [-0.25, -0.2) is 0 Å². The summed E-state index contributed by atoms with van der Waals surface area (Å²) in [6.45, 7) is 1.97. The van der Waals surface area contributed by atoms with E-state index < -0.39 is 0 Å². The second-order valence-electron chi connectivity index (χ2n) is 4.78. The first-order chi connectivity index (χ1) is 10.8. The molecule has 22 heavy (non-hydrogen) atoms. The van der Waals surface area contributed by atoms with E-state index >= 15 is 0 Å². The summed E-state index contributed by atoms with van der Waals surface area (Å²) >= 11 is 1.66. The molecule has 0 amide bonds. The van der Waals surface area contributed by atoms with Crippen LogP contribution in [0.1, 0.15) is 11.8 Å². The molecule has 0 saturated carbocycles. The molecule has 4 rings (SSSR count). The molecule has 4 aromatic rings. The molecule has 6 nitrogen and oxygen atoms in total. The predicted molar refractivity (Wildman–Crippen MR) is 88.4 cm³/mol. The number of anilines is 1. The van der Waals surface area contributed by atoms with Crippen molar-refractivity contribution in [3.63, 3.8) is 0 Å². The molecule has 0 spiro atoms. The fourth-order valence-electron chi connectivity index (χ4n) is 2.29. The van der Waals surface area contributed by atoms with Crippen molar-refractivity contribution in [2.24, 2.45) is 5.10 Å². The maximum atomic E-state index is 4.49. The molecule has 0 radical (unpaired) electrons. The van der Waals surface area contributed by atoms with Gasteiger partial charge in [-0.2, -0.15) is 9.62 Å². The zero-order valence-electron chi connectivity index (χ0n) is 11.8. The summed E-state index contributed by atoms with van der Waals surface area (Å²) in [6.07, 6.45) is 1.59. The van der Waals surface area contributed by atoms with Crippen LogP contribution in [0.5, 0.6) is 0 Å². The summed E-state index contributed by atoms with van der Waals surface area (Å²) in [7, 11) is 0. The van der Waals surface area contributed by atoms with Gasteiger partial charge in [0.1, 0.15) is 6.33 Å². The third-order valence-electron chi connectivity index (χ3n) is 3.37. The summed E-state index contributed by atoms with van der Waals surface area (Å²) in [4.78, 5) is 1.13. The predicted octanol–water partition coefficient (Wildman–Crippen LogP) is 3.18. The highest BCUT2D eigenvalue weighted by atomic mass is 32.1. The van der Waals surface area contributed by atoms with E-state index in [1.807, 2.05) is 48.7 Å². The summed E-state index contributed by atoms with van der Waals surface area (Å²) in [5.41, 5.74) is 4.72. The number of nitrogens with zero attached hydrogens (tertiary/aromatic N) is 5. The first-order valence-electron chi connectivity index (χ1n) is 6.76. The summed E-state index contributed by atoms with van der Waals surface area (Å²) in [6, 6.07) is 12.0. The lowest BCUT2D eigenvalue weighted by molar-refractivity contribution is 0.934. The van der Waals surface area contributed by atoms with E-state index in [9.17, 15) is 0 Å². The minimum atomic E-state index is 0.679. The molecule has 0 aliphatic rings. The molecule has 3 heterocycles. The van der Waals surface area contributed by atoms with E-state index in [4.69, 9.17) is 0 Å². The van der Waals surface area contributed by atoms with Gasteiger partial charge in [0, 0.05) is 15.6 Å². The summed E-state index contributed by atoms with van der Waals surface area (Å²) < 4.78 is 1.65. The molecular weight excluding hydrogens is 296 g/mol. The third-order valence-corrected chi connectivity index (χ3v) is 4.35. The van der Waals surface area contributed by atoms with Gasteiger partial charge in [-0.1, -0.05) is 30.3 Å². The number of benzene rings is 1. The smallest absolute Gasteiger partial charge is 0.185 e. The van der Waals surface area contributed by atoms with E-state index in [0.29, 0.717) is 5.82 Å². The van der Waals surface area contributed by atoms with Crippen molar-refractivity contribution in [3.8, 4) is 0 Å². The van der Waals surface area contributed by atoms with Crippen molar-refractivity contribution in [1.29, 1.82) is 0 Å². The van der Waals surface area contributed by atoms with E-state index in [0.717, 1.165) is 27.0 Å². The lowest BCUT2D eigenvalue weighted by Gasteiger charge is -2.06. The van der Waals surface area contributed by atoms with Crippen molar-refractivity contribution in [1.82, 2.24) is 19.8 Å². The summed E-state index contributed by atoms with van der Waals surface area (Å²) in [5.74, 6) is 0.679. The molecule has 0 bridgehead atoms. The van der Waals surface area contributed by atoms with E-state index in [1.54, 1.807) is 22.2 Å². The van der Waals surface area contributed by atoms with E-state index in [1.165, 1.54) is 0 Å². The van der Waals surface area contributed by atoms with Crippen LogP contribution < -0.4 is 5.43 Å². The van der Waals surface area contributed by atoms with Crippen molar-refractivity contribution >= 4 is 39.3 Å². The number of rotatable bonds is 3. The number of aromatic nitrogens is 4. The molecule has 0 fully saturated rings. The fourth-order valence-corrected chi connectivity index (χ4v) is 2.96. The molecule has 0 atom stereocenters. The zero-order valence-corrected chi connectivity index (χ0v) is 12.6. The maximum Gasteiger partial charge on any atom is 0.185 e. The van der Waals surface area contributed by atoms with Gasteiger partial charge in [0.2, 0.25) is 0 Å². The van der Waals surface area contributed by atoms with Gasteiger partial charge in [-0.3, -0.25) is 5.43 Å². The standard InChI is InChI=1S/C15H12N6S/c1-10(13-7-4-8-22-13)17-18-14-11-5-2-3-6-12(11)15-19-16-9-21(15)20-14/h2-9H,1H3,(H,18,20). The molecular formula is C15H12N6S. The normalized spacial score (nSPS) is 12.1. The Morgan fingerprint density at radius 2 is 2.05 bits per heavy atom. The SMILES string of the molecule is CC(=NNc1nn2cnnc2c2ccccc12)c1cccs1. The molecule has 3 aromatic heterocycles. The van der Waals surface area contributed by atoms with Crippen LogP contribution in [-0.2, 0) is 0 Å². The highest BCUT2D eigenvalue weighted by Crippen LogP contribution is 2.24. The van der Waals surface area contributed by atoms with E-state index in [-0.39, 0.29) is 0 Å². The highest BCUT2D eigenvalue weighted by molar-refractivity contribution is 7.12. The van der Waals surface area contributed by atoms with Gasteiger partial charge in [-0.05, 0) is 18.4 Å². The number of hydrogen-bond donors (Lipinski definition) is 1. The molecule has 108 valence electrons. The lowest BCUT2D eigenvalue weighted by atomic mass is 10.2. The number of thiophene rings is 1. The second-order valence-corrected chi connectivity index (χ2v) is 5.73. The van der Waals surface area contributed by atoms with Gasteiger partial charge in [0.25, 0.3) is 0 Å². The number of hydrazone groups is 1. The Morgan fingerprint density at radius 1 is 1.18 bits per heavy atom. The molecule has 0 aliphatic heterocycles. The average Bonchev–Trinajstić information content (AvgIpc) is 3.23. The topological polar surface area (TPSA) is 67.5 Å². The minimum absolute atomic E-state index is 0.679. The van der Waals surface area contributed by atoms with Crippen molar-refractivity contribution in [2.45, 2.75) is 6.92 Å². The quantitative estimate of drug-likeness (QED) is 0.466. The average molecular weight is 308 g/mol. The second kappa shape index (κ2) is 5.19.